The van der Waals surface area contributed by atoms with Crippen molar-refractivity contribution in [3.63, 3.8) is 0 Å². The normalized spacial score (nSPS) is 18.6. The van der Waals surface area contributed by atoms with Gasteiger partial charge in [0.15, 0.2) is 0 Å². The molecule has 1 aromatic heterocycles. The first-order valence-corrected chi connectivity index (χ1v) is 9.65. The molecule has 0 radical (unpaired) electrons. The number of ether oxygens (including phenoxy) is 1. The molecule has 0 spiro atoms. The van der Waals surface area contributed by atoms with Crippen LogP contribution in [-0.2, 0) is 10.4 Å². The molecule has 4 rings (SSSR count). The highest BCUT2D eigenvalue weighted by molar-refractivity contribution is 7.15. The van der Waals surface area contributed by atoms with Gasteiger partial charge in [0, 0.05) is 10.4 Å². The fourth-order valence-corrected chi connectivity index (χ4v) is 4.65. The standard InChI is InChI=1S/C21H20N2O3S/c1-4-26-20(25)18-17-16(12(2)27-18)19(24)23-21(3,22-17)15-11-7-9-13-8-5-6-10-14(13)15/h5-11,22H,4H2,1-3H3,(H,23,24)/t21-/m1/s1. The highest BCUT2D eigenvalue weighted by Gasteiger charge is 2.40. The van der Waals surface area contributed by atoms with Crippen LogP contribution in [0.4, 0.5) is 5.69 Å². The average molecular weight is 380 g/mol. The minimum absolute atomic E-state index is 0.191. The number of hydrogen-bond acceptors (Lipinski definition) is 5. The number of aryl methyl sites for hydroxylation is 1. The number of benzene rings is 2. The second-order valence-electron chi connectivity index (χ2n) is 6.69. The third kappa shape index (κ3) is 2.77. The summed E-state index contributed by atoms with van der Waals surface area (Å²) >= 11 is 1.28. The average Bonchev–Trinajstić information content (AvgIpc) is 2.98. The summed E-state index contributed by atoms with van der Waals surface area (Å²) in [6.45, 7) is 5.81. The van der Waals surface area contributed by atoms with Crippen LogP contribution in [0.3, 0.4) is 0 Å². The minimum Gasteiger partial charge on any atom is -0.462 e. The molecular weight excluding hydrogens is 360 g/mol. The van der Waals surface area contributed by atoms with Crippen molar-refractivity contribution in [1.82, 2.24) is 5.32 Å². The number of carbonyl (C=O) groups is 2. The lowest BCUT2D eigenvalue weighted by atomic mass is 9.92. The number of rotatable bonds is 3. The van der Waals surface area contributed by atoms with Crippen LogP contribution in [0.5, 0.6) is 0 Å². The maximum absolute atomic E-state index is 12.9. The van der Waals surface area contributed by atoms with Gasteiger partial charge in [0.1, 0.15) is 10.5 Å². The van der Waals surface area contributed by atoms with Crippen molar-refractivity contribution in [2.75, 3.05) is 11.9 Å². The predicted molar refractivity (Wildman–Crippen MR) is 107 cm³/mol. The Morgan fingerprint density at radius 1 is 1.15 bits per heavy atom. The molecule has 0 bridgehead atoms. The first-order valence-electron chi connectivity index (χ1n) is 8.84. The van der Waals surface area contributed by atoms with Crippen LogP contribution in [0, 0.1) is 6.92 Å². The van der Waals surface area contributed by atoms with Gasteiger partial charge in [-0.15, -0.1) is 11.3 Å². The highest BCUT2D eigenvalue weighted by Crippen LogP contribution is 2.41. The van der Waals surface area contributed by atoms with Crippen LogP contribution in [0.15, 0.2) is 42.5 Å². The summed E-state index contributed by atoms with van der Waals surface area (Å²) in [5.41, 5.74) is 1.16. The van der Waals surface area contributed by atoms with Crippen molar-refractivity contribution in [2.24, 2.45) is 0 Å². The van der Waals surface area contributed by atoms with Gasteiger partial charge in [-0.05, 0) is 31.5 Å². The van der Waals surface area contributed by atoms with Gasteiger partial charge in [0.05, 0.1) is 17.9 Å². The molecule has 0 unspecified atom stereocenters. The lowest BCUT2D eigenvalue weighted by Crippen LogP contribution is -2.53. The number of anilines is 1. The first kappa shape index (κ1) is 17.5. The lowest BCUT2D eigenvalue weighted by molar-refractivity contribution is 0.0533. The summed E-state index contributed by atoms with van der Waals surface area (Å²) in [6.07, 6.45) is 0. The van der Waals surface area contributed by atoms with E-state index in [2.05, 4.69) is 10.6 Å². The van der Waals surface area contributed by atoms with Crippen LogP contribution in [0.25, 0.3) is 10.8 Å². The molecule has 0 saturated heterocycles. The van der Waals surface area contributed by atoms with Crippen LogP contribution in [-0.4, -0.2) is 18.5 Å². The summed E-state index contributed by atoms with van der Waals surface area (Å²) < 4.78 is 5.19. The molecule has 1 amide bonds. The van der Waals surface area contributed by atoms with E-state index in [0.717, 1.165) is 21.2 Å². The second kappa shape index (κ2) is 6.39. The van der Waals surface area contributed by atoms with Gasteiger partial charge in [0.2, 0.25) is 0 Å². The van der Waals surface area contributed by atoms with Gasteiger partial charge in [0.25, 0.3) is 5.91 Å². The van der Waals surface area contributed by atoms with Crippen molar-refractivity contribution in [2.45, 2.75) is 26.4 Å². The number of carbonyl (C=O) groups excluding carboxylic acids is 2. The van der Waals surface area contributed by atoms with E-state index in [0.29, 0.717) is 16.1 Å². The molecule has 138 valence electrons. The van der Waals surface area contributed by atoms with Gasteiger partial charge in [-0.2, -0.15) is 0 Å². The molecule has 0 saturated carbocycles. The van der Waals surface area contributed by atoms with Crippen LogP contribution in [0.1, 0.15) is 44.3 Å². The monoisotopic (exact) mass is 380 g/mol. The van der Waals surface area contributed by atoms with E-state index in [1.54, 1.807) is 6.92 Å². The third-order valence-corrected chi connectivity index (χ3v) is 5.92. The Morgan fingerprint density at radius 2 is 1.89 bits per heavy atom. The molecular formula is C21H20N2O3S. The zero-order valence-electron chi connectivity index (χ0n) is 15.4. The van der Waals surface area contributed by atoms with Gasteiger partial charge >= 0.3 is 5.97 Å². The Labute approximate surface area is 161 Å². The fraction of sp³-hybridized carbons (Fsp3) is 0.238. The predicted octanol–water partition coefficient (Wildman–Crippen LogP) is 4.41. The molecule has 1 aliphatic rings. The van der Waals surface area contributed by atoms with Crippen LogP contribution >= 0.6 is 11.3 Å². The Hall–Kier alpha value is -2.86. The van der Waals surface area contributed by atoms with E-state index in [1.807, 2.05) is 56.3 Å². The molecule has 0 aliphatic carbocycles. The van der Waals surface area contributed by atoms with E-state index in [-0.39, 0.29) is 12.5 Å². The number of hydrogen-bond donors (Lipinski definition) is 2. The highest BCUT2D eigenvalue weighted by atomic mass is 32.1. The van der Waals surface area contributed by atoms with E-state index in [1.165, 1.54) is 11.3 Å². The zero-order chi connectivity index (χ0) is 19.2. The summed E-state index contributed by atoms with van der Waals surface area (Å²) in [7, 11) is 0. The van der Waals surface area contributed by atoms with E-state index in [9.17, 15) is 9.59 Å². The summed E-state index contributed by atoms with van der Waals surface area (Å²) in [6, 6.07) is 14.0. The zero-order valence-corrected chi connectivity index (χ0v) is 16.2. The number of esters is 1. The maximum atomic E-state index is 12.9. The molecule has 5 nitrogen and oxygen atoms in total. The minimum atomic E-state index is -0.848. The van der Waals surface area contributed by atoms with Gasteiger partial charge < -0.3 is 15.4 Å². The number of amides is 1. The third-order valence-electron chi connectivity index (χ3n) is 4.84. The van der Waals surface area contributed by atoms with Crippen molar-refractivity contribution < 1.29 is 14.3 Å². The second-order valence-corrected chi connectivity index (χ2v) is 7.91. The Morgan fingerprint density at radius 3 is 2.67 bits per heavy atom. The van der Waals surface area contributed by atoms with Crippen molar-refractivity contribution in [3.05, 3.63) is 63.3 Å². The molecule has 0 fully saturated rings. The van der Waals surface area contributed by atoms with Gasteiger partial charge in [-0.25, -0.2) is 4.79 Å². The van der Waals surface area contributed by atoms with Gasteiger partial charge in [-0.3, -0.25) is 4.79 Å². The Balaban J connectivity index is 1.87. The quantitative estimate of drug-likeness (QED) is 0.660. The molecule has 6 heteroatoms. The van der Waals surface area contributed by atoms with E-state index in [4.69, 9.17) is 4.74 Å². The van der Waals surface area contributed by atoms with Crippen molar-refractivity contribution in [3.8, 4) is 0 Å². The van der Waals surface area contributed by atoms with Crippen LogP contribution < -0.4 is 10.6 Å². The molecule has 2 N–H and O–H groups in total. The molecule has 3 aromatic rings. The number of nitrogens with one attached hydrogen (secondary N) is 2. The molecule has 1 aliphatic heterocycles. The smallest absolute Gasteiger partial charge is 0.350 e. The van der Waals surface area contributed by atoms with Crippen LogP contribution in [0.2, 0.25) is 0 Å². The largest absolute Gasteiger partial charge is 0.462 e. The molecule has 2 aromatic carbocycles. The van der Waals surface area contributed by atoms with Crippen molar-refractivity contribution >= 4 is 39.7 Å². The SMILES string of the molecule is CCOC(=O)c1sc(C)c2c1N[C@@](C)(c1cccc3ccccc13)NC2=O. The summed E-state index contributed by atoms with van der Waals surface area (Å²) in [5, 5.41) is 8.64. The van der Waals surface area contributed by atoms with E-state index >= 15 is 0 Å². The summed E-state index contributed by atoms with van der Waals surface area (Å²) in [5.74, 6) is -0.599. The van der Waals surface area contributed by atoms with Gasteiger partial charge in [-0.1, -0.05) is 42.5 Å². The first-order chi connectivity index (χ1) is 12.9. The Bertz CT molecular complexity index is 1070. The maximum Gasteiger partial charge on any atom is 0.350 e. The Kier molecular flexibility index (Phi) is 4.15. The fourth-order valence-electron chi connectivity index (χ4n) is 3.64. The molecule has 27 heavy (non-hydrogen) atoms. The lowest BCUT2D eigenvalue weighted by Gasteiger charge is -2.38. The summed E-state index contributed by atoms with van der Waals surface area (Å²) in [4.78, 5) is 26.6. The number of fused-ring (bicyclic) bond motifs is 2. The number of thiophene rings is 1. The van der Waals surface area contributed by atoms with E-state index < -0.39 is 11.6 Å². The topological polar surface area (TPSA) is 67.4 Å². The van der Waals surface area contributed by atoms with Crippen molar-refractivity contribution in [1.29, 1.82) is 0 Å². The molecule has 2 heterocycles. The molecule has 1 atom stereocenters.